The third kappa shape index (κ3) is 3.65. The van der Waals surface area contributed by atoms with Crippen LogP contribution in [0.4, 0.5) is 26.4 Å². The molecule has 2 aliphatic heterocycles. The second-order valence-corrected chi connectivity index (χ2v) is 8.55. The summed E-state index contributed by atoms with van der Waals surface area (Å²) >= 11 is 0. The van der Waals surface area contributed by atoms with Crippen molar-refractivity contribution in [2.75, 3.05) is 29.5 Å². The number of nitrogens with zero attached hydrogens (tertiary/aromatic N) is 4. The molecule has 1 atom stereocenters. The first kappa shape index (κ1) is 21.1. The maximum Gasteiger partial charge on any atom is 0.413 e. The number of fused-ring (bicyclic) bond motifs is 3. The Hall–Kier alpha value is -4.41. The van der Waals surface area contributed by atoms with Crippen LogP contribution in [0.1, 0.15) is 11.4 Å². The number of rotatable bonds is 3. The van der Waals surface area contributed by atoms with Gasteiger partial charge in [0.05, 0.1) is 12.2 Å². The number of imidazole rings is 1. The molecule has 2 aliphatic rings. The summed E-state index contributed by atoms with van der Waals surface area (Å²) in [7, 11) is 0. The molecule has 35 heavy (non-hydrogen) atoms. The van der Waals surface area contributed by atoms with E-state index in [1.54, 1.807) is 24.5 Å². The van der Waals surface area contributed by atoms with Gasteiger partial charge in [0, 0.05) is 54.3 Å². The molecule has 0 spiro atoms. The molecule has 0 fully saturated rings. The molecule has 0 bridgehead atoms. The molecule has 3 aromatic heterocycles. The van der Waals surface area contributed by atoms with E-state index in [9.17, 15) is 4.79 Å². The fraction of sp³-hybridized carbons (Fsp3) is 0.250. The minimum absolute atomic E-state index is 0.0270. The molecule has 4 aromatic rings. The van der Waals surface area contributed by atoms with Crippen LogP contribution in [0.15, 0.2) is 36.9 Å². The molecule has 11 heteroatoms. The highest BCUT2D eigenvalue weighted by atomic mass is 19.1. The molecule has 1 unspecified atom stereocenters. The van der Waals surface area contributed by atoms with E-state index in [1.165, 1.54) is 6.20 Å². The van der Waals surface area contributed by atoms with Gasteiger partial charge in [-0.2, -0.15) is 0 Å². The van der Waals surface area contributed by atoms with Crippen molar-refractivity contribution in [3.63, 3.8) is 0 Å². The van der Waals surface area contributed by atoms with Gasteiger partial charge in [-0.05, 0) is 30.0 Å². The SMILES string of the molecule is Cc1c(-c2cc3cc(NC(=O)OC4Cc5nccn5C4)ncc3c(N)c2F)cnc2c1NCCO2. The van der Waals surface area contributed by atoms with Crippen molar-refractivity contribution in [3.05, 3.63) is 54.1 Å². The lowest BCUT2D eigenvalue weighted by molar-refractivity contribution is 0.111. The quantitative estimate of drug-likeness (QED) is 0.384. The second kappa shape index (κ2) is 8.12. The van der Waals surface area contributed by atoms with Crippen LogP contribution in [0.5, 0.6) is 5.88 Å². The van der Waals surface area contributed by atoms with E-state index in [2.05, 4.69) is 25.6 Å². The third-order valence-electron chi connectivity index (χ3n) is 6.35. The van der Waals surface area contributed by atoms with Crippen molar-refractivity contribution in [1.82, 2.24) is 19.5 Å². The normalized spacial score (nSPS) is 16.2. The summed E-state index contributed by atoms with van der Waals surface area (Å²) < 4.78 is 28.4. The molecular formula is C24H22FN7O3. The van der Waals surface area contributed by atoms with E-state index in [-0.39, 0.29) is 17.6 Å². The molecule has 0 radical (unpaired) electrons. The van der Waals surface area contributed by atoms with Gasteiger partial charge in [0.15, 0.2) is 5.82 Å². The number of carbonyl (C=O) groups excluding carboxylic acids is 1. The number of hydrogen-bond acceptors (Lipinski definition) is 8. The van der Waals surface area contributed by atoms with Crippen LogP contribution in [-0.4, -0.2) is 44.9 Å². The minimum Gasteiger partial charge on any atom is -0.474 e. The topological polar surface area (TPSA) is 129 Å². The molecule has 1 amide bonds. The van der Waals surface area contributed by atoms with Gasteiger partial charge in [-0.15, -0.1) is 0 Å². The molecule has 0 saturated heterocycles. The van der Waals surface area contributed by atoms with Gasteiger partial charge in [0.25, 0.3) is 0 Å². The van der Waals surface area contributed by atoms with Gasteiger partial charge in [0.2, 0.25) is 5.88 Å². The summed E-state index contributed by atoms with van der Waals surface area (Å²) in [6.45, 7) is 3.59. The monoisotopic (exact) mass is 475 g/mol. The Morgan fingerprint density at radius 2 is 2.17 bits per heavy atom. The Balaban J connectivity index is 1.29. The number of carbonyl (C=O) groups is 1. The molecule has 6 rings (SSSR count). The largest absolute Gasteiger partial charge is 0.474 e. The smallest absolute Gasteiger partial charge is 0.413 e. The van der Waals surface area contributed by atoms with E-state index in [0.29, 0.717) is 53.9 Å². The fourth-order valence-electron chi connectivity index (χ4n) is 4.60. The Labute approximate surface area is 199 Å². The number of ether oxygens (including phenoxy) is 2. The van der Waals surface area contributed by atoms with Crippen molar-refractivity contribution in [2.45, 2.75) is 26.0 Å². The second-order valence-electron chi connectivity index (χ2n) is 8.55. The number of anilines is 3. The number of hydrogen-bond donors (Lipinski definition) is 3. The highest BCUT2D eigenvalue weighted by molar-refractivity contribution is 5.99. The first-order valence-electron chi connectivity index (χ1n) is 11.2. The van der Waals surface area contributed by atoms with Gasteiger partial charge in [0.1, 0.15) is 30.0 Å². The Bertz CT molecular complexity index is 1470. The number of pyridine rings is 2. The molecule has 10 nitrogen and oxygen atoms in total. The molecule has 0 aliphatic carbocycles. The van der Waals surface area contributed by atoms with Crippen LogP contribution >= 0.6 is 0 Å². The van der Waals surface area contributed by atoms with Gasteiger partial charge >= 0.3 is 6.09 Å². The van der Waals surface area contributed by atoms with E-state index < -0.39 is 11.9 Å². The van der Waals surface area contributed by atoms with E-state index >= 15 is 4.39 Å². The number of nitrogens with one attached hydrogen (secondary N) is 2. The number of aromatic nitrogens is 4. The number of amides is 1. The van der Waals surface area contributed by atoms with Crippen LogP contribution < -0.4 is 21.1 Å². The maximum atomic E-state index is 15.3. The van der Waals surface area contributed by atoms with Crippen molar-refractivity contribution in [2.24, 2.45) is 0 Å². The van der Waals surface area contributed by atoms with E-state index in [1.807, 2.05) is 17.7 Å². The summed E-state index contributed by atoms with van der Waals surface area (Å²) in [5.74, 6) is 1.09. The summed E-state index contributed by atoms with van der Waals surface area (Å²) in [5, 5.41) is 6.97. The van der Waals surface area contributed by atoms with Crippen molar-refractivity contribution >= 4 is 34.1 Å². The van der Waals surface area contributed by atoms with Crippen LogP contribution in [0.25, 0.3) is 21.9 Å². The zero-order valence-corrected chi connectivity index (χ0v) is 18.8. The summed E-state index contributed by atoms with van der Waals surface area (Å²) in [6.07, 6.45) is 6.22. The van der Waals surface area contributed by atoms with Crippen LogP contribution in [0.3, 0.4) is 0 Å². The molecule has 1 aromatic carbocycles. The van der Waals surface area contributed by atoms with Crippen LogP contribution in [0.2, 0.25) is 0 Å². The number of halogens is 1. The minimum atomic E-state index is -0.622. The summed E-state index contributed by atoms with van der Waals surface area (Å²) in [6, 6.07) is 3.31. The highest BCUT2D eigenvalue weighted by Gasteiger charge is 2.26. The lowest BCUT2D eigenvalue weighted by Gasteiger charge is -2.22. The van der Waals surface area contributed by atoms with Gasteiger partial charge in [-0.3, -0.25) is 5.32 Å². The number of nitrogen functional groups attached to an aromatic ring is 1. The van der Waals surface area contributed by atoms with E-state index in [4.69, 9.17) is 15.2 Å². The molecular weight excluding hydrogens is 453 g/mol. The average Bonchev–Trinajstić information content (AvgIpc) is 3.44. The van der Waals surface area contributed by atoms with Gasteiger partial charge in [-0.25, -0.2) is 24.1 Å². The van der Waals surface area contributed by atoms with Gasteiger partial charge < -0.3 is 25.1 Å². The molecule has 4 N–H and O–H groups in total. The number of nitrogens with two attached hydrogens (primary N) is 1. The molecule has 5 heterocycles. The summed E-state index contributed by atoms with van der Waals surface area (Å²) in [4.78, 5) is 25.2. The van der Waals surface area contributed by atoms with Crippen LogP contribution in [-0.2, 0) is 17.7 Å². The Kier molecular flexibility index (Phi) is 4.90. The molecule has 0 saturated carbocycles. The van der Waals surface area contributed by atoms with Crippen LogP contribution in [0, 0.1) is 12.7 Å². The predicted octanol–water partition coefficient (Wildman–Crippen LogP) is 3.50. The standard InChI is InChI=1S/C24H22FN7O3/c1-12-16(9-30-23-22(12)28-3-5-34-23)15-6-13-7-18(29-10-17(13)21(26)20(15)25)31-24(33)35-14-8-19-27-2-4-32(19)11-14/h2,4,6-7,9-10,14,28H,3,5,8,11,26H2,1H3,(H,29,31,33). The Morgan fingerprint density at radius 3 is 3.03 bits per heavy atom. The maximum absolute atomic E-state index is 15.3. The first-order chi connectivity index (χ1) is 17.0. The lowest BCUT2D eigenvalue weighted by Crippen LogP contribution is -2.23. The third-order valence-corrected chi connectivity index (χ3v) is 6.35. The predicted molar refractivity (Wildman–Crippen MR) is 128 cm³/mol. The van der Waals surface area contributed by atoms with Gasteiger partial charge in [-0.1, -0.05) is 0 Å². The van der Waals surface area contributed by atoms with Crippen molar-refractivity contribution < 1.29 is 18.7 Å². The first-order valence-corrected chi connectivity index (χ1v) is 11.2. The fourth-order valence-corrected chi connectivity index (χ4v) is 4.60. The zero-order valence-electron chi connectivity index (χ0n) is 18.8. The summed E-state index contributed by atoms with van der Waals surface area (Å²) in [5.41, 5.74) is 8.55. The van der Waals surface area contributed by atoms with Crippen molar-refractivity contribution in [3.8, 4) is 17.0 Å². The Morgan fingerprint density at radius 1 is 1.29 bits per heavy atom. The lowest BCUT2D eigenvalue weighted by atomic mass is 9.97. The van der Waals surface area contributed by atoms with E-state index in [0.717, 1.165) is 17.1 Å². The number of benzene rings is 1. The highest BCUT2D eigenvalue weighted by Crippen LogP contribution is 2.39. The van der Waals surface area contributed by atoms with Crippen molar-refractivity contribution in [1.29, 1.82) is 0 Å². The zero-order chi connectivity index (χ0) is 24.1. The molecule has 178 valence electrons. The average molecular weight is 475 g/mol.